The van der Waals surface area contributed by atoms with Crippen molar-refractivity contribution in [1.29, 1.82) is 0 Å². The van der Waals surface area contributed by atoms with Crippen LogP contribution in [-0.2, 0) is 28.4 Å². The van der Waals surface area contributed by atoms with Gasteiger partial charge >= 0.3 is 5.97 Å². The average molecular weight is 261 g/mol. The lowest BCUT2D eigenvalue weighted by molar-refractivity contribution is -0.136. The Morgan fingerprint density at radius 2 is 2.24 bits per heavy atom. The summed E-state index contributed by atoms with van der Waals surface area (Å²) in [4.78, 5) is 14.7. The fraction of sp³-hybridized carbons (Fsp3) is 0.556. The Hall–Kier alpha value is -1.41. The zero-order valence-electron chi connectivity index (χ0n) is 9.86. The summed E-state index contributed by atoms with van der Waals surface area (Å²) < 4.78 is 26.3. The second-order valence-corrected chi connectivity index (χ2v) is 6.10. The van der Waals surface area contributed by atoms with Gasteiger partial charge in [0.25, 0.3) is 0 Å². The Bertz CT molecular complexity index is 508. The second-order valence-electron chi connectivity index (χ2n) is 3.74. The van der Waals surface area contributed by atoms with Gasteiger partial charge in [0.05, 0.1) is 6.54 Å². The summed E-state index contributed by atoms with van der Waals surface area (Å²) in [6.07, 6.45) is 3.24. The highest BCUT2D eigenvalue weighted by Gasteiger charge is 2.32. The third-order valence-electron chi connectivity index (χ3n) is 2.51. The molecule has 0 saturated heterocycles. The summed E-state index contributed by atoms with van der Waals surface area (Å²) in [6, 6.07) is 0. The lowest BCUT2D eigenvalue weighted by atomic mass is 10.5. The highest BCUT2D eigenvalue weighted by atomic mass is 32.2. The molecule has 1 atom stereocenters. The smallest absolute Gasteiger partial charge is 0.323 e. The van der Waals surface area contributed by atoms with Crippen molar-refractivity contribution in [3.8, 4) is 0 Å². The van der Waals surface area contributed by atoms with Crippen molar-refractivity contribution >= 4 is 16.0 Å². The number of sulfonamides is 1. The molecular weight excluding hydrogens is 246 g/mol. The van der Waals surface area contributed by atoms with E-state index in [4.69, 9.17) is 5.11 Å². The predicted molar refractivity (Wildman–Crippen MR) is 60.7 cm³/mol. The number of imidazole rings is 1. The number of hydrogen-bond acceptors (Lipinski definition) is 4. The van der Waals surface area contributed by atoms with Gasteiger partial charge in [0, 0.05) is 26.5 Å². The van der Waals surface area contributed by atoms with E-state index < -0.39 is 21.2 Å². The summed E-state index contributed by atoms with van der Waals surface area (Å²) in [7, 11) is -0.774. The van der Waals surface area contributed by atoms with Crippen LogP contribution in [0.4, 0.5) is 0 Å². The van der Waals surface area contributed by atoms with Crippen LogP contribution in [0.1, 0.15) is 12.7 Å². The summed E-state index contributed by atoms with van der Waals surface area (Å²) in [5, 5.41) is 7.26. The van der Waals surface area contributed by atoms with E-state index in [0.717, 1.165) is 11.2 Å². The Balaban J connectivity index is 2.87. The number of nitrogens with zero attached hydrogens (tertiary/aromatic N) is 3. The number of carbonyl (C=O) groups is 1. The molecule has 0 amide bonds. The molecule has 7 nitrogen and oxygen atoms in total. The number of carboxylic acids is 1. The molecule has 1 N–H and O–H groups in total. The average Bonchev–Trinajstić information content (AvgIpc) is 2.63. The van der Waals surface area contributed by atoms with E-state index in [0.29, 0.717) is 5.82 Å². The predicted octanol–water partition coefficient (Wildman–Crippen LogP) is -0.345. The maximum atomic E-state index is 11.8. The molecule has 96 valence electrons. The van der Waals surface area contributed by atoms with E-state index in [-0.39, 0.29) is 6.54 Å². The minimum Gasteiger partial charge on any atom is -0.480 e. The van der Waals surface area contributed by atoms with Gasteiger partial charge in [-0.25, -0.2) is 13.4 Å². The molecule has 1 aromatic heterocycles. The standard InChI is InChI=1S/C9H15N3O4S/c1-7(9(13)14)17(15,16)12(3)6-8-10-4-5-11(8)2/h4-5,7H,6H2,1-3H3,(H,13,14). The van der Waals surface area contributed by atoms with Gasteiger partial charge in [0.15, 0.2) is 5.25 Å². The molecule has 1 rings (SSSR count). The van der Waals surface area contributed by atoms with E-state index in [1.807, 2.05) is 0 Å². The van der Waals surface area contributed by atoms with Crippen LogP contribution in [0.2, 0.25) is 0 Å². The number of aromatic nitrogens is 2. The first-order chi connectivity index (χ1) is 7.76. The third-order valence-corrected chi connectivity index (χ3v) is 4.61. The minimum atomic E-state index is -3.85. The van der Waals surface area contributed by atoms with Gasteiger partial charge < -0.3 is 9.67 Å². The number of hydrogen-bond donors (Lipinski definition) is 1. The van der Waals surface area contributed by atoms with Crippen molar-refractivity contribution < 1.29 is 18.3 Å². The van der Waals surface area contributed by atoms with E-state index in [2.05, 4.69) is 4.98 Å². The molecule has 1 heterocycles. The van der Waals surface area contributed by atoms with Gasteiger partial charge in [-0.15, -0.1) is 0 Å². The lowest BCUT2D eigenvalue weighted by Crippen LogP contribution is -2.38. The van der Waals surface area contributed by atoms with E-state index in [1.165, 1.54) is 7.05 Å². The van der Waals surface area contributed by atoms with E-state index >= 15 is 0 Å². The summed E-state index contributed by atoms with van der Waals surface area (Å²) in [6.45, 7) is 1.19. The van der Waals surface area contributed by atoms with Crippen molar-refractivity contribution in [3.63, 3.8) is 0 Å². The fourth-order valence-corrected chi connectivity index (χ4v) is 2.33. The van der Waals surface area contributed by atoms with Crippen LogP contribution in [0.3, 0.4) is 0 Å². The third kappa shape index (κ3) is 2.83. The Morgan fingerprint density at radius 3 is 2.65 bits per heavy atom. The molecule has 17 heavy (non-hydrogen) atoms. The molecule has 0 aliphatic carbocycles. The SMILES string of the molecule is CC(C(=O)O)S(=O)(=O)N(C)Cc1nccn1C. The number of carboxylic acid groups (broad SMARTS) is 1. The maximum absolute atomic E-state index is 11.8. The van der Waals surface area contributed by atoms with Crippen LogP contribution < -0.4 is 0 Å². The molecule has 0 aliphatic heterocycles. The van der Waals surface area contributed by atoms with Gasteiger partial charge in [-0.2, -0.15) is 4.31 Å². The zero-order valence-corrected chi connectivity index (χ0v) is 10.7. The molecule has 8 heteroatoms. The second kappa shape index (κ2) is 4.84. The van der Waals surface area contributed by atoms with Crippen molar-refractivity contribution in [2.75, 3.05) is 7.05 Å². The maximum Gasteiger partial charge on any atom is 0.323 e. The minimum absolute atomic E-state index is 0.0451. The molecule has 0 spiro atoms. The van der Waals surface area contributed by atoms with Crippen molar-refractivity contribution in [3.05, 3.63) is 18.2 Å². The van der Waals surface area contributed by atoms with Crippen LogP contribution in [0.25, 0.3) is 0 Å². The fourth-order valence-electron chi connectivity index (χ4n) is 1.24. The first-order valence-corrected chi connectivity index (χ1v) is 6.41. The van der Waals surface area contributed by atoms with E-state index in [9.17, 15) is 13.2 Å². The van der Waals surface area contributed by atoms with Gasteiger partial charge in [-0.1, -0.05) is 0 Å². The van der Waals surface area contributed by atoms with Crippen LogP contribution in [0.15, 0.2) is 12.4 Å². The van der Waals surface area contributed by atoms with Crippen molar-refractivity contribution in [1.82, 2.24) is 13.9 Å². The molecule has 0 aliphatic rings. The quantitative estimate of drug-likeness (QED) is 0.782. The van der Waals surface area contributed by atoms with Gasteiger partial charge in [0.2, 0.25) is 10.0 Å². The van der Waals surface area contributed by atoms with Gasteiger partial charge in [-0.05, 0) is 6.92 Å². The molecule has 1 unspecified atom stereocenters. The summed E-state index contributed by atoms with van der Waals surface area (Å²) in [5.41, 5.74) is 0. The molecule has 0 aromatic carbocycles. The largest absolute Gasteiger partial charge is 0.480 e. The van der Waals surface area contributed by atoms with Crippen LogP contribution in [0, 0.1) is 0 Å². The van der Waals surface area contributed by atoms with Crippen LogP contribution in [0.5, 0.6) is 0 Å². The Kier molecular flexibility index (Phi) is 3.89. The Morgan fingerprint density at radius 1 is 1.65 bits per heavy atom. The first-order valence-electron chi connectivity index (χ1n) is 4.91. The van der Waals surface area contributed by atoms with Crippen molar-refractivity contribution in [2.24, 2.45) is 7.05 Å². The van der Waals surface area contributed by atoms with Gasteiger partial charge in [-0.3, -0.25) is 4.79 Å². The number of aliphatic carboxylic acids is 1. The molecule has 0 saturated carbocycles. The molecule has 0 bridgehead atoms. The van der Waals surface area contributed by atoms with Gasteiger partial charge in [0.1, 0.15) is 5.82 Å². The highest BCUT2D eigenvalue weighted by Crippen LogP contribution is 2.10. The molecular formula is C9H15N3O4S. The number of rotatable bonds is 5. The monoisotopic (exact) mass is 261 g/mol. The Labute approximate surface area is 99.7 Å². The van der Waals surface area contributed by atoms with Crippen LogP contribution in [-0.4, -0.2) is 45.6 Å². The summed E-state index contributed by atoms with van der Waals surface area (Å²) >= 11 is 0. The van der Waals surface area contributed by atoms with E-state index in [1.54, 1.807) is 24.0 Å². The number of aryl methyl sites for hydroxylation is 1. The zero-order chi connectivity index (χ0) is 13.2. The molecule has 1 aromatic rings. The molecule has 0 fully saturated rings. The molecule has 0 radical (unpaired) electrons. The topological polar surface area (TPSA) is 92.5 Å². The van der Waals surface area contributed by atoms with Crippen molar-refractivity contribution in [2.45, 2.75) is 18.7 Å². The first kappa shape index (κ1) is 13.7. The van der Waals surface area contributed by atoms with Crippen LogP contribution >= 0.6 is 0 Å². The highest BCUT2D eigenvalue weighted by molar-refractivity contribution is 7.90. The lowest BCUT2D eigenvalue weighted by Gasteiger charge is -2.19. The summed E-state index contributed by atoms with van der Waals surface area (Å²) in [5.74, 6) is -0.814. The normalized spacial score (nSPS) is 13.9.